The van der Waals surface area contributed by atoms with Gasteiger partial charge in [-0.05, 0) is 30.2 Å². The van der Waals surface area contributed by atoms with E-state index in [9.17, 15) is 0 Å². The Morgan fingerprint density at radius 2 is 2.05 bits per heavy atom. The van der Waals surface area contributed by atoms with E-state index in [4.69, 9.17) is 5.73 Å². The normalized spacial score (nSPS) is 18.3. The molecule has 3 heteroatoms. The van der Waals surface area contributed by atoms with Crippen LogP contribution in [0.5, 0.6) is 0 Å². The highest BCUT2D eigenvalue weighted by molar-refractivity contribution is 5.58. The van der Waals surface area contributed by atoms with E-state index >= 15 is 0 Å². The summed E-state index contributed by atoms with van der Waals surface area (Å²) in [6, 6.07) is 7.04. The lowest BCUT2D eigenvalue weighted by molar-refractivity contribution is 0.215. The van der Waals surface area contributed by atoms with Gasteiger partial charge < -0.3 is 10.6 Å². The summed E-state index contributed by atoms with van der Waals surface area (Å²) in [6.45, 7) is 5.20. The van der Waals surface area contributed by atoms with Crippen molar-refractivity contribution in [3.05, 3.63) is 29.3 Å². The molecule has 20 heavy (non-hydrogen) atoms. The molecule has 0 spiro atoms. The molecule has 0 radical (unpaired) electrons. The summed E-state index contributed by atoms with van der Waals surface area (Å²) in [5.41, 5.74) is 10.3. The summed E-state index contributed by atoms with van der Waals surface area (Å²) < 4.78 is 0. The van der Waals surface area contributed by atoms with Gasteiger partial charge in [-0.2, -0.15) is 0 Å². The maximum absolute atomic E-state index is 6.04. The van der Waals surface area contributed by atoms with Crippen molar-refractivity contribution in [2.75, 3.05) is 32.1 Å². The number of rotatable bonds is 7. The quantitative estimate of drug-likeness (QED) is 0.776. The summed E-state index contributed by atoms with van der Waals surface area (Å²) >= 11 is 0. The van der Waals surface area contributed by atoms with Gasteiger partial charge in [0.2, 0.25) is 0 Å². The maximum atomic E-state index is 6.04. The van der Waals surface area contributed by atoms with Crippen molar-refractivity contribution in [3.8, 4) is 0 Å². The predicted molar refractivity (Wildman–Crippen MR) is 87.1 cm³/mol. The zero-order chi connectivity index (χ0) is 14.5. The van der Waals surface area contributed by atoms with Crippen LogP contribution in [0, 0.1) is 0 Å². The number of nitrogens with zero attached hydrogens (tertiary/aromatic N) is 2. The largest absolute Gasteiger partial charge is 0.377 e. The third-order valence-corrected chi connectivity index (χ3v) is 4.35. The van der Waals surface area contributed by atoms with Gasteiger partial charge in [0.25, 0.3) is 0 Å². The van der Waals surface area contributed by atoms with Gasteiger partial charge in [-0.3, -0.25) is 4.90 Å². The van der Waals surface area contributed by atoms with Gasteiger partial charge in [-0.1, -0.05) is 38.3 Å². The van der Waals surface area contributed by atoms with Crippen LogP contribution in [0.3, 0.4) is 0 Å². The topological polar surface area (TPSA) is 32.5 Å². The van der Waals surface area contributed by atoms with E-state index in [0.717, 1.165) is 13.1 Å². The van der Waals surface area contributed by atoms with Gasteiger partial charge in [0, 0.05) is 38.9 Å². The number of anilines is 1. The van der Waals surface area contributed by atoms with Gasteiger partial charge in [0.05, 0.1) is 0 Å². The summed E-state index contributed by atoms with van der Waals surface area (Å²) in [5, 5.41) is 0. The molecule has 2 N–H and O–H groups in total. The fourth-order valence-corrected chi connectivity index (χ4v) is 3.26. The minimum absolute atomic E-state index is 0.409. The Balaban J connectivity index is 2.10. The predicted octanol–water partition coefficient (Wildman–Crippen LogP) is 3.15. The SMILES string of the molecule is CCCCCCN1Cc2c(cccc2N(C)C)C1CN. The Hall–Kier alpha value is -1.06. The van der Waals surface area contributed by atoms with Crippen LogP contribution < -0.4 is 10.6 Å². The Morgan fingerprint density at radius 3 is 2.70 bits per heavy atom. The van der Waals surface area contributed by atoms with Crippen LogP contribution in [0.2, 0.25) is 0 Å². The Kier molecular flexibility index (Phi) is 5.44. The first-order valence-electron chi connectivity index (χ1n) is 7.92. The second kappa shape index (κ2) is 7.09. The average molecular weight is 275 g/mol. The number of unbranched alkanes of at least 4 members (excludes halogenated alkanes) is 3. The zero-order valence-electron chi connectivity index (χ0n) is 13.2. The number of fused-ring (bicyclic) bond motifs is 1. The fourth-order valence-electron chi connectivity index (χ4n) is 3.26. The first-order chi connectivity index (χ1) is 9.69. The molecule has 112 valence electrons. The van der Waals surface area contributed by atoms with Crippen molar-refractivity contribution in [3.63, 3.8) is 0 Å². The van der Waals surface area contributed by atoms with E-state index in [1.54, 1.807) is 0 Å². The van der Waals surface area contributed by atoms with Gasteiger partial charge in [0.1, 0.15) is 0 Å². The van der Waals surface area contributed by atoms with Crippen molar-refractivity contribution in [2.45, 2.75) is 45.2 Å². The standard InChI is InChI=1S/C17H29N3/c1-4-5-6-7-11-20-13-15-14(17(20)12-18)9-8-10-16(15)19(2)3/h8-10,17H,4-7,11-13,18H2,1-3H3. The lowest BCUT2D eigenvalue weighted by Crippen LogP contribution is -2.28. The molecule has 1 atom stereocenters. The van der Waals surface area contributed by atoms with Crippen molar-refractivity contribution >= 4 is 5.69 Å². The Bertz CT molecular complexity index is 428. The molecule has 0 saturated heterocycles. The summed E-state index contributed by atoms with van der Waals surface area (Å²) in [6.07, 6.45) is 5.26. The van der Waals surface area contributed by atoms with Crippen LogP contribution in [-0.2, 0) is 6.54 Å². The molecule has 2 rings (SSSR count). The van der Waals surface area contributed by atoms with Crippen LogP contribution in [0.4, 0.5) is 5.69 Å². The molecule has 1 aromatic rings. The minimum Gasteiger partial charge on any atom is -0.377 e. The fraction of sp³-hybridized carbons (Fsp3) is 0.647. The smallest absolute Gasteiger partial charge is 0.0478 e. The molecule has 1 aliphatic heterocycles. The van der Waals surface area contributed by atoms with Crippen LogP contribution in [0.1, 0.15) is 49.8 Å². The van der Waals surface area contributed by atoms with Crippen molar-refractivity contribution in [1.82, 2.24) is 4.90 Å². The van der Waals surface area contributed by atoms with Gasteiger partial charge in [-0.25, -0.2) is 0 Å². The van der Waals surface area contributed by atoms with Gasteiger partial charge >= 0.3 is 0 Å². The highest BCUT2D eigenvalue weighted by Crippen LogP contribution is 2.38. The van der Waals surface area contributed by atoms with E-state index in [-0.39, 0.29) is 0 Å². The number of hydrogen-bond acceptors (Lipinski definition) is 3. The van der Waals surface area contributed by atoms with Crippen molar-refractivity contribution in [1.29, 1.82) is 0 Å². The molecule has 0 amide bonds. The van der Waals surface area contributed by atoms with Crippen LogP contribution >= 0.6 is 0 Å². The highest BCUT2D eigenvalue weighted by atomic mass is 15.2. The Labute approximate surface area is 123 Å². The van der Waals surface area contributed by atoms with Gasteiger partial charge in [0.15, 0.2) is 0 Å². The van der Waals surface area contributed by atoms with Crippen molar-refractivity contribution in [2.24, 2.45) is 5.73 Å². The van der Waals surface area contributed by atoms with Gasteiger partial charge in [-0.15, -0.1) is 0 Å². The van der Waals surface area contributed by atoms with E-state index in [2.05, 4.69) is 49.0 Å². The second-order valence-electron chi connectivity index (χ2n) is 6.02. The maximum Gasteiger partial charge on any atom is 0.0478 e. The van der Waals surface area contributed by atoms with E-state index < -0.39 is 0 Å². The molecule has 0 saturated carbocycles. The summed E-state index contributed by atoms with van der Waals surface area (Å²) in [4.78, 5) is 4.78. The van der Waals surface area contributed by atoms with Crippen molar-refractivity contribution < 1.29 is 0 Å². The zero-order valence-corrected chi connectivity index (χ0v) is 13.2. The highest BCUT2D eigenvalue weighted by Gasteiger charge is 2.30. The first-order valence-corrected chi connectivity index (χ1v) is 7.92. The lowest BCUT2D eigenvalue weighted by atomic mass is 10.0. The molecule has 0 bridgehead atoms. The number of nitrogens with two attached hydrogens (primary N) is 1. The minimum atomic E-state index is 0.409. The molecule has 3 nitrogen and oxygen atoms in total. The molecule has 1 aromatic carbocycles. The third-order valence-electron chi connectivity index (χ3n) is 4.35. The molecule has 0 fully saturated rings. The Morgan fingerprint density at radius 1 is 1.25 bits per heavy atom. The number of benzene rings is 1. The number of hydrogen-bond donors (Lipinski definition) is 1. The molecule has 0 aromatic heterocycles. The first kappa shape index (κ1) is 15.3. The molecule has 1 unspecified atom stereocenters. The molecule has 1 heterocycles. The average Bonchev–Trinajstić information content (AvgIpc) is 2.80. The van der Waals surface area contributed by atoms with Crippen LogP contribution in [-0.4, -0.2) is 32.1 Å². The molecular formula is C17H29N3. The summed E-state index contributed by atoms with van der Waals surface area (Å²) in [5.74, 6) is 0. The molecule has 1 aliphatic rings. The van der Waals surface area contributed by atoms with E-state index in [0.29, 0.717) is 6.04 Å². The monoisotopic (exact) mass is 275 g/mol. The summed E-state index contributed by atoms with van der Waals surface area (Å²) in [7, 11) is 4.24. The van der Waals surface area contributed by atoms with Crippen LogP contribution in [0.25, 0.3) is 0 Å². The lowest BCUT2D eigenvalue weighted by Gasteiger charge is -2.23. The van der Waals surface area contributed by atoms with Crippen LogP contribution in [0.15, 0.2) is 18.2 Å². The second-order valence-corrected chi connectivity index (χ2v) is 6.02. The molecular weight excluding hydrogens is 246 g/mol. The van der Waals surface area contributed by atoms with E-state index in [1.807, 2.05) is 0 Å². The van der Waals surface area contributed by atoms with E-state index in [1.165, 1.54) is 49.0 Å². The molecule has 0 aliphatic carbocycles. The third kappa shape index (κ3) is 3.15.